The van der Waals surface area contributed by atoms with Gasteiger partial charge in [0.25, 0.3) is 0 Å². The fraction of sp³-hybridized carbons (Fsp3) is 0.133. The van der Waals surface area contributed by atoms with Crippen LogP contribution in [0.15, 0.2) is 51.8 Å². The third-order valence-corrected chi connectivity index (χ3v) is 4.28. The summed E-state index contributed by atoms with van der Waals surface area (Å²) in [4.78, 5) is 12.7. The summed E-state index contributed by atoms with van der Waals surface area (Å²) in [7, 11) is 0. The minimum atomic E-state index is -0.435. The van der Waals surface area contributed by atoms with Crippen molar-refractivity contribution in [3.63, 3.8) is 0 Å². The lowest BCUT2D eigenvalue weighted by Crippen LogP contribution is -2.13. The predicted molar refractivity (Wildman–Crippen MR) is 88.9 cm³/mol. The number of benzene rings is 2. The summed E-state index contributed by atoms with van der Waals surface area (Å²) in [6, 6.07) is 11.7. The lowest BCUT2D eigenvalue weighted by Gasteiger charge is -2.07. The zero-order chi connectivity index (χ0) is 15.2. The second-order valence-electron chi connectivity index (χ2n) is 4.31. The van der Waals surface area contributed by atoms with Crippen LogP contribution in [0.1, 0.15) is 6.42 Å². The summed E-state index contributed by atoms with van der Waals surface area (Å²) in [5, 5.41) is 2.55. The summed E-state index contributed by atoms with van der Waals surface area (Å²) in [6.45, 7) is 0. The molecule has 0 fully saturated rings. The number of hydrogen-bond donors (Lipinski definition) is 2. The number of nitrogens with one attached hydrogen (secondary N) is 1. The molecule has 6 heteroatoms. The van der Waals surface area contributed by atoms with Crippen LogP contribution in [0.25, 0.3) is 0 Å². The number of carbonyl (C=O) groups excluding carboxylic acids is 1. The normalized spacial score (nSPS) is 10.4. The first kappa shape index (κ1) is 15.9. The average molecular weight is 369 g/mol. The summed E-state index contributed by atoms with van der Waals surface area (Å²) in [5.41, 5.74) is 6.74. The molecule has 0 bridgehead atoms. The fourth-order valence-corrected chi connectivity index (χ4v) is 3.13. The van der Waals surface area contributed by atoms with Gasteiger partial charge < -0.3 is 11.1 Å². The van der Waals surface area contributed by atoms with Crippen LogP contribution in [0.3, 0.4) is 0 Å². The standard InChI is InChI=1S/C15H14BrFN2OS/c16-10-5-6-12(18)14(9-10)21-8-7-15(20)19-13-4-2-1-3-11(13)17/h1-6,9H,7-8,18H2,(H,19,20). The van der Waals surface area contributed by atoms with E-state index < -0.39 is 5.82 Å². The maximum atomic E-state index is 13.4. The zero-order valence-corrected chi connectivity index (χ0v) is 13.5. The Labute approximate surface area is 135 Å². The van der Waals surface area contributed by atoms with Crippen LogP contribution in [-0.4, -0.2) is 11.7 Å². The molecule has 3 nitrogen and oxygen atoms in total. The molecule has 1 amide bonds. The van der Waals surface area contributed by atoms with Crippen molar-refractivity contribution in [2.45, 2.75) is 11.3 Å². The van der Waals surface area contributed by atoms with Crippen molar-refractivity contribution in [2.24, 2.45) is 0 Å². The maximum absolute atomic E-state index is 13.4. The third-order valence-electron chi connectivity index (χ3n) is 2.71. The molecule has 0 aliphatic carbocycles. The highest BCUT2D eigenvalue weighted by atomic mass is 79.9. The van der Waals surface area contributed by atoms with Crippen molar-refractivity contribution in [2.75, 3.05) is 16.8 Å². The van der Waals surface area contributed by atoms with Gasteiger partial charge in [-0.2, -0.15) is 0 Å². The number of halogens is 2. The Morgan fingerprint density at radius 2 is 2.05 bits per heavy atom. The number of para-hydroxylation sites is 1. The molecular weight excluding hydrogens is 355 g/mol. The van der Waals surface area contributed by atoms with Crippen molar-refractivity contribution < 1.29 is 9.18 Å². The summed E-state index contributed by atoms with van der Waals surface area (Å²) < 4.78 is 14.3. The Hall–Kier alpha value is -1.53. The summed E-state index contributed by atoms with van der Waals surface area (Å²) in [5.74, 6) is -0.0862. The Morgan fingerprint density at radius 1 is 1.29 bits per heavy atom. The van der Waals surface area contributed by atoms with Crippen LogP contribution < -0.4 is 11.1 Å². The predicted octanol–water partition coefficient (Wildman–Crippen LogP) is 4.29. The van der Waals surface area contributed by atoms with Crippen molar-refractivity contribution in [3.05, 3.63) is 52.8 Å². The van der Waals surface area contributed by atoms with Gasteiger partial charge in [0.1, 0.15) is 5.82 Å². The molecule has 2 aromatic rings. The number of anilines is 2. The number of nitrogens with two attached hydrogens (primary N) is 1. The van der Waals surface area contributed by atoms with Gasteiger partial charge in [-0.1, -0.05) is 28.1 Å². The van der Waals surface area contributed by atoms with Gasteiger partial charge in [0, 0.05) is 27.2 Å². The molecule has 2 rings (SSSR count). The quantitative estimate of drug-likeness (QED) is 0.611. The Kier molecular flexibility index (Phi) is 5.64. The molecule has 0 radical (unpaired) electrons. The lowest BCUT2D eigenvalue weighted by atomic mass is 10.3. The number of carbonyl (C=O) groups is 1. The number of rotatable bonds is 5. The van der Waals surface area contributed by atoms with Crippen LogP contribution in [0.2, 0.25) is 0 Å². The SMILES string of the molecule is Nc1ccc(Br)cc1SCCC(=O)Nc1ccccc1F. The first-order chi connectivity index (χ1) is 10.1. The molecule has 0 unspecified atom stereocenters. The first-order valence-electron chi connectivity index (χ1n) is 6.28. The van der Waals surface area contributed by atoms with E-state index >= 15 is 0 Å². The lowest BCUT2D eigenvalue weighted by molar-refractivity contribution is -0.115. The topological polar surface area (TPSA) is 55.1 Å². The molecule has 0 heterocycles. The van der Waals surface area contributed by atoms with E-state index in [-0.39, 0.29) is 18.0 Å². The van der Waals surface area contributed by atoms with E-state index in [1.807, 2.05) is 18.2 Å². The maximum Gasteiger partial charge on any atom is 0.225 e. The summed E-state index contributed by atoms with van der Waals surface area (Å²) >= 11 is 4.87. The van der Waals surface area contributed by atoms with E-state index in [0.29, 0.717) is 11.4 Å². The number of amides is 1. The smallest absolute Gasteiger partial charge is 0.225 e. The molecule has 0 spiro atoms. The molecule has 110 valence electrons. The van der Waals surface area contributed by atoms with Gasteiger partial charge in [0.15, 0.2) is 0 Å². The average Bonchev–Trinajstić information content (AvgIpc) is 2.45. The van der Waals surface area contributed by atoms with Crippen LogP contribution >= 0.6 is 27.7 Å². The van der Waals surface area contributed by atoms with Crippen LogP contribution in [0.5, 0.6) is 0 Å². The largest absolute Gasteiger partial charge is 0.398 e. The first-order valence-corrected chi connectivity index (χ1v) is 8.06. The molecule has 0 saturated heterocycles. The molecule has 0 aromatic heterocycles. The van der Waals surface area contributed by atoms with Crippen molar-refractivity contribution >= 4 is 45.0 Å². The molecule has 0 aliphatic heterocycles. The van der Waals surface area contributed by atoms with E-state index in [1.54, 1.807) is 12.1 Å². The minimum absolute atomic E-state index is 0.203. The molecule has 3 N–H and O–H groups in total. The van der Waals surface area contributed by atoms with Crippen LogP contribution in [0.4, 0.5) is 15.8 Å². The number of nitrogen functional groups attached to an aromatic ring is 1. The van der Waals surface area contributed by atoms with E-state index in [2.05, 4.69) is 21.2 Å². The van der Waals surface area contributed by atoms with Gasteiger partial charge in [-0.05, 0) is 30.3 Å². The van der Waals surface area contributed by atoms with E-state index in [0.717, 1.165) is 9.37 Å². The van der Waals surface area contributed by atoms with Gasteiger partial charge >= 0.3 is 0 Å². The van der Waals surface area contributed by atoms with Gasteiger partial charge in [0.05, 0.1) is 5.69 Å². The molecular formula is C15H14BrFN2OS. The molecule has 2 aromatic carbocycles. The molecule has 0 saturated carbocycles. The van der Waals surface area contributed by atoms with Crippen LogP contribution in [-0.2, 0) is 4.79 Å². The minimum Gasteiger partial charge on any atom is -0.398 e. The van der Waals surface area contributed by atoms with Gasteiger partial charge in [0.2, 0.25) is 5.91 Å². The highest BCUT2D eigenvalue weighted by molar-refractivity contribution is 9.10. The van der Waals surface area contributed by atoms with Gasteiger partial charge in [-0.15, -0.1) is 11.8 Å². The van der Waals surface area contributed by atoms with Crippen LogP contribution in [0, 0.1) is 5.82 Å². The van der Waals surface area contributed by atoms with Crippen molar-refractivity contribution in [1.29, 1.82) is 0 Å². The van der Waals surface area contributed by atoms with E-state index in [9.17, 15) is 9.18 Å². The monoisotopic (exact) mass is 368 g/mol. The van der Waals surface area contributed by atoms with Gasteiger partial charge in [-0.25, -0.2) is 4.39 Å². The number of thioether (sulfide) groups is 1. The second-order valence-corrected chi connectivity index (χ2v) is 6.36. The molecule has 0 atom stereocenters. The van der Waals surface area contributed by atoms with E-state index in [4.69, 9.17) is 5.73 Å². The van der Waals surface area contributed by atoms with E-state index in [1.165, 1.54) is 23.9 Å². The zero-order valence-electron chi connectivity index (χ0n) is 11.1. The Balaban J connectivity index is 1.85. The highest BCUT2D eigenvalue weighted by Crippen LogP contribution is 2.28. The molecule has 21 heavy (non-hydrogen) atoms. The highest BCUT2D eigenvalue weighted by Gasteiger charge is 2.07. The second kappa shape index (κ2) is 7.47. The van der Waals surface area contributed by atoms with Crippen molar-refractivity contribution in [3.8, 4) is 0 Å². The summed E-state index contributed by atoms with van der Waals surface area (Å²) in [6.07, 6.45) is 0.283. The Morgan fingerprint density at radius 3 is 2.81 bits per heavy atom. The molecule has 0 aliphatic rings. The Bertz CT molecular complexity index is 651. The van der Waals surface area contributed by atoms with Crippen molar-refractivity contribution in [1.82, 2.24) is 0 Å². The third kappa shape index (κ3) is 4.75. The number of hydrogen-bond acceptors (Lipinski definition) is 3. The van der Waals surface area contributed by atoms with Gasteiger partial charge in [-0.3, -0.25) is 4.79 Å². The fourth-order valence-electron chi connectivity index (χ4n) is 1.66.